The lowest BCUT2D eigenvalue weighted by Gasteiger charge is -2.20. The van der Waals surface area contributed by atoms with Crippen LogP contribution < -0.4 is 16.0 Å². The van der Waals surface area contributed by atoms with Gasteiger partial charge in [-0.15, -0.1) is 11.3 Å². The Labute approximate surface area is 170 Å². The van der Waals surface area contributed by atoms with E-state index in [-0.39, 0.29) is 11.8 Å². The van der Waals surface area contributed by atoms with Crippen LogP contribution in [-0.2, 0) is 16.0 Å². The predicted octanol–water partition coefficient (Wildman–Crippen LogP) is 4.93. The molecule has 0 saturated carbocycles. The third-order valence-electron chi connectivity index (χ3n) is 4.06. The summed E-state index contributed by atoms with van der Waals surface area (Å²) in [7, 11) is 0. The maximum atomic E-state index is 12.2. The van der Waals surface area contributed by atoms with Gasteiger partial charge in [0.15, 0.2) is 0 Å². The maximum absolute atomic E-state index is 12.2. The molecule has 2 aromatic carbocycles. The second-order valence-electron chi connectivity index (χ2n) is 6.10. The molecule has 4 rings (SSSR count). The number of nitrogens with one attached hydrogen (secondary N) is 3. The summed E-state index contributed by atoms with van der Waals surface area (Å²) in [5.74, 6) is -0.199. The molecule has 1 aliphatic rings. The van der Waals surface area contributed by atoms with Gasteiger partial charge in [-0.3, -0.25) is 9.59 Å². The van der Waals surface area contributed by atoms with Crippen LogP contribution in [-0.4, -0.2) is 11.8 Å². The van der Waals surface area contributed by atoms with E-state index in [1.54, 1.807) is 16.7 Å². The molecule has 0 fully saturated rings. The molecular formula is C21H17N3O2S2. The first kappa shape index (κ1) is 18.3. The first-order chi connectivity index (χ1) is 13.7. The minimum absolute atomic E-state index is 0.0355. The Morgan fingerprint density at radius 1 is 1.00 bits per heavy atom. The van der Waals surface area contributed by atoms with E-state index < -0.39 is 0 Å². The van der Waals surface area contributed by atoms with Crippen molar-refractivity contribution < 1.29 is 9.59 Å². The second-order valence-corrected chi connectivity index (χ2v) is 8.08. The van der Waals surface area contributed by atoms with E-state index >= 15 is 0 Å². The molecule has 140 valence electrons. The number of thiophene rings is 1. The molecule has 1 aliphatic heterocycles. The second kappa shape index (κ2) is 8.33. The fraction of sp³-hybridized carbons (Fsp3) is 0.0476. The van der Waals surface area contributed by atoms with E-state index in [1.165, 1.54) is 11.8 Å². The standard InChI is InChI=1S/C21H17N3O2S2/c25-20(12-16-4-3-11-27-16)22-14-7-9-15(10-8-14)28-13-19-21(26)24-18-6-2-1-5-17(18)23-19/h1-11,13,23H,12H2,(H,22,25)(H,24,26)/b19-13+. The van der Waals surface area contributed by atoms with Gasteiger partial charge in [-0.05, 0) is 47.8 Å². The van der Waals surface area contributed by atoms with Crippen molar-refractivity contribution >= 4 is 52.0 Å². The Balaban J connectivity index is 1.36. The van der Waals surface area contributed by atoms with Gasteiger partial charge in [0.2, 0.25) is 5.91 Å². The molecule has 0 unspecified atom stereocenters. The number of hydrogen-bond donors (Lipinski definition) is 3. The molecule has 0 bridgehead atoms. The molecule has 1 aromatic heterocycles. The molecule has 0 radical (unpaired) electrons. The van der Waals surface area contributed by atoms with Gasteiger partial charge in [0.05, 0.1) is 17.8 Å². The van der Waals surface area contributed by atoms with Crippen LogP contribution in [0, 0.1) is 0 Å². The topological polar surface area (TPSA) is 70.2 Å². The summed E-state index contributed by atoms with van der Waals surface area (Å²) in [4.78, 5) is 26.3. The number of carbonyl (C=O) groups excluding carboxylic acids is 2. The van der Waals surface area contributed by atoms with E-state index in [1.807, 2.05) is 66.0 Å². The number of hydrogen-bond acceptors (Lipinski definition) is 5. The molecule has 0 atom stereocenters. The Morgan fingerprint density at radius 2 is 1.75 bits per heavy atom. The van der Waals surface area contributed by atoms with Crippen LogP contribution in [0.4, 0.5) is 17.1 Å². The number of rotatable bonds is 5. The van der Waals surface area contributed by atoms with E-state index in [9.17, 15) is 9.59 Å². The normalized spacial score (nSPS) is 14.1. The zero-order valence-electron chi connectivity index (χ0n) is 14.8. The van der Waals surface area contributed by atoms with E-state index in [4.69, 9.17) is 0 Å². The van der Waals surface area contributed by atoms with Gasteiger partial charge in [-0.2, -0.15) is 0 Å². The molecule has 5 nitrogen and oxygen atoms in total. The first-order valence-corrected chi connectivity index (χ1v) is 10.4. The van der Waals surface area contributed by atoms with Crippen LogP contribution in [0.25, 0.3) is 0 Å². The number of fused-ring (bicyclic) bond motifs is 1. The molecule has 7 heteroatoms. The van der Waals surface area contributed by atoms with Gasteiger partial charge in [0.1, 0.15) is 5.70 Å². The van der Waals surface area contributed by atoms with Crippen molar-refractivity contribution in [2.45, 2.75) is 11.3 Å². The first-order valence-electron chi connectivity index (χ1n) is 8.64. The van der Waals surface area contributed by atoms with Crippen LogP contribution in [0.15, 0.2) is 82.0 Å². The molecule has 3 N–H and O–H groups in total. The highest BCUT2D eigenvalue weighted by atomic mass is 32.2. The summed E-state index contributed by atoms with van der Waals surface area (Å²) >= 11 is 3.01. The minimum atomic E-state index is -0.163. The van der Waals surface area contributed by atoms with Crippen LogP contribution in [0.1, 0.15) is 4.88 Å². The number of amides is 2. The van der Waals surface area contributed by atoms with Crippen molar-refractivity contribution in [3.05, 3.63) is 82.0 Å². The van der Waals surface area contributed by atoms with Gasteiger partial charge >= 0.3 is 0 Å². The van der Waals surface area contributed by atoms with Crippen molar-refractivity contribution in [3.8, 4) is 0 Å². The quantitative estimate of drug-likeness (QED) is 0.414. The number of carbonyl (C=O) groups is 2. The Kier molecular flexibility index (Phi) is 5.45. The molecule has 28 heavy (non-hydrogen) atoms. The average molecular weight is 408 g/mol. The van der Waals surface area contributed by atoms with Crippen molar-refractivity contribution in [2.75, 3.05) is 16.0 Å². The predicted molar refractivity (Wildman–Crippen MR) is 116 cm³/mol. The van der Waals surface area contributed by atoms with Crippen LogP contribution in [0.5, 0.6) is 0 Å². The monoisotopic (exact) mass is 407 g/mol. The third kappa shape index (κ3) is 4.44. The van der Waals surface area contributed by atoms with Crippen molar-refractivity contribution in [1.29, 1.82) is 0 Å². The summed E-state index contributed by atoms with van der Waals surface area (Å²) in [6, 6.07) is 19.0. The van der Waals surface area contributed by atoms with E-state index in [0.717, 1.165) is 26.8 Å². The lowest BCUT2D eigenvalue weighted by molar-refractivity contribution is -0.115. The smallest absolute Gasteiger partial charge is 0.272 e. The van der Waals surface area contributed by atoms with Gasteiger partial charge in [-0.1, -0.05) is 30.0 Å². The SMILES string of the molecule is O=C(Cc1cccs1)Nc1ccc(S/C=C2/Nc3ccccc3NC2=O)cc1. The summed E-state index contributed by atoms with van der Waals surface area (Å²) in [6.07, 6.45) is 0.378. The molecular weight excluding hydrogens is 390 g/mol. The highest BCUT2D eigenvalue weighted by Crippen LogP contribution is 2.30. The highest BCUT2D eigenvalue weighted by molar-refractivity contribution is 8.02. The van der Waals surface area contributed by atoms with E-state index in [0.29, 0.717) is 12.1 Å². The Morgan fingerprint density at radius 3 is 2.46 bits per heavy atom. The molecule has 2 heterocycles. The van der Waals surface area contributed by atoms with Crippen LogP contribution in [0.3, 0.4) is 0 Å². The van der Waals surface area contributed by atoms with Crippen LogP contribution in [0.2, 0.25) is 0 Å². The molecule has 0 aliphatic carbocycles. The number of thioether (sulfide) groups is 1. The molecule has 0 spiro atoms. The third-order valence-corrected chi connectivity index (χ3v) is 5.83. The van der Waals surface area contributed by atoms with Gasteiger partial charge < -0.3 is 16.0 Å². The number of para-hydroxylation sites is 2. The lowest BCUT2D eigenvalue weighted by atomic mass is 10.2. The fourth-order valence-corrected chi connectivity index (χ4v) is 4.11. The molecule has 2 amide bonds. The van der Waals surface area contributed by atoms with Crippen molar-refractivity contribution in [2.24, 2.45) is 0 Å². The lowest BCUT2D eigenvalue weighted by Crippen LogP contribution is -2.25. The number of benzene rings is 2. The Hall–Kier alpha value is -3.03. The zero-order chi connectivity index (χ0) is 19.3. The highest BCUT2D eigenvalue weighted by Gasteiger charge is 2.18. The summed E-state index contributed by atoms with van der Waals surface area (Å²) in [6.45, 7) is 0. The zero-order valence-corrected chi connectivity index (χ0v) is 16.4. The summed E-state index contributed by atoms with van der Waals surface area (Å²) in [5, 5.41) is 12.7. The molecule has 3 aromatic rings. The molecule has 0 saturated heterocycles. The number of anilines is 3. The fourth-order valence-electron chi connectivity index (χ4n) is 2.70. The maximum Gasteiger partial charge on any atom is 0.272 e. The van der Waals surface area contributed by atoms with Gasteiger partial charge in [0, 0.05) is 20.9 Å². The average Bonchev–Trinajstić information content (AvgIpc) is 3.20. The summed E-state index contributed by atoms with van der Waals surface area (Å²) < 4.78 is 0. The minimum Gasteiger partial charge on any atom is -0.349 e. The Bertz CT molecular complexity index is 1030. The largest absolute Gasteiger partial charge is 0.349 e. The van der Waals surface area contributed by atoms with Crippen LogP contribution >= 0.6 is 23.1 Å². The van der Waals surface area contributed by atoms with Gasteiger partial charge in [0.25, 0.3) is 5.91 Å². The van der Waals surface area contributed by atoms with Gasteiger partial charge in [-0.25, -0.2) is 0 Å². The van der Waals surface area contributed by atoms with E-state index in [2.05, 4.69) is 16.0 Å². The summed E-state index contributed by atoms with van der Waals surface area (Å²) in [5.41, 5.74) is 2.90. The van der Waals surface area contributed by atoms with Crippen molar-refractivity contribution in [1.82, 2.24) is 0 Å². The van der Waals surface area contributed by atoms with Crippen molar-refractivity contribution in [3.63, 3.8) is 0 Å².